The van der Waals surface area contributed by atoms with Gasteiger partial charge in [0.2, 0.25) is 0 Å². The van der Waals surface area contributed by atoms with Crippen LogP contribution >= 0.6 is 0 Å². The molecule has 10 aromatic rings. The maximum atomic E-state index is 4.71. The summed E-state index contributed by atoms with van der Waals surface area (Å²) in [6, 6.07) is 80.8. The van der Waals surface area contributed by atoms with Crippen LogP contribution in [-0.2, 0) is 10.8 Å². The molecule has 1 unspecified atom stereocenters. The number of rotatable bonds is 6. The van der Waals surface area contributed by atoms with E-state index in [-0.39, 0.29) is 0 Å². The first-order chi connectivity index (χ1) is 32.2. The highest BCUT2D eigenvalue weighted by atomic mass is 15.1. The Kier molecular flexibility index (Phi) is 8.14. The van der Waals surface area contributed by atoms with Gasteiger partial charge in [-0.1, -0.05) is 176 Å². The summed E-state index contributed by atoms with van der Waals surface area (Å²) in [5.41, 5.74) is 21.1. The summed E-state index contributed by atoms with van der Waals surface area (Å²) in [6.45, 7) is 6.87. The summed E-state index contributed by atoms with van der Waals surface area (Å²) in [7, 11) is 0. The van der Waals surface area contributed by atoms with Crippen molar-refractivity contribution < 1.29 is 0 Å². The normalized spacial score (nSPS) is 16.2. The van der Waals surface area contributed by atoms with Gasteiger partial charge in [0.05, 0.1) is 21.9 Å². The zero-order valence-corrected chi connectivity index (χ0v) is 36.1. The third-order valence-electron chi connectivity index (χ3n) is 14.6. The van der Waals surface area contributed by atoms with Crippen LogP contribution < -0.4 is 4.90 Å². The van der Waals surface area contributed by atoms with Crippen LogP contribution in [0, 0.1) is 0 Å². The predicted molar refractivity (Wildman–Crippen MR) is 271 cm³/mol. The first-order valence-corrected chi connectivity index (χ1v) is 22.7. The molecule has 0 saturated carbocycles. The number of aromatic nitrogens is 1. The number of anilines is 3. The van der Waals surface area contributed by atoms with E-state index in [9.17, 15) is 0 Å². The second-order valence-electron chi connectivity index (χ2n) is 17.5. The van der Waals surface area contributed by atoms with Gasteiger partial charge in [-0.3, -0.25) is 0 Å². The van der Waals surface area contributed by atoms with Crippen LogP contribution in [-0.4, -0.2) is 4.57 Å². The zero-order valence-electron chi connectivity index (χ0n) is 36.1. The van der Waals surface area contributed by atoms with Crippen molar-refractivity contribution in [2.45, 2.75) is 17.8 Å². The number of hydrogen-bond acceptors (Lipinski definition) is 1. The van der Waals surface area contributed by atoms with Crippen molar-refractivity contribution in [1.82, 2.24) is 4.57 Å². The van der Waals surface area contributed by atoms with Gasteiger partial charge in [-0.05, 0) is 140 Å². The molecular formula is C63H44N2. The van der Waals surface area contributed by atoms with E-state index < -0.39 is 10.8 Å². The molecule has 1 atom stereocenters. The van der Waals surface area contributed by atoms with E-state index >= 15 is 0 Å². The van der Waals surface area contributed by atoms with E-state index in [0.29, 0.717) is 0 Å². The van der Waals surface area contributed by atoms with Crippen molar-refractivity contribution in [3.63, 3.8) is 0 Å². The topological polar surface area (TPSA) is 8.17 Å². The van der Waals surface area contributed by atoms with E-state index in [1.54, 1.807) is 0 Å². The average molecular weight is 829 g/mol. The molecular weight excluding hydrogens is 785 g/mol. The quantitative estimate of drug-likeness (QED) is 0.162. The molecule has 65 heavy (non-hydrogen) atoms. The van der Waals surface area contributed by atoms with Gasteiger partial charge in [0.1, 0.15) is 0 Å². The predicted octanol–water partition coefficient (Wildman–Crippen LogP) is 16.0. The van der Waals surface area contributed by atoms with Crippen LogP contribution in [0.1, 0.15) is 40.3 Å². The minimum absolute atomic E-state index is 0.558. The lowest BCUT2D eigenvalue weighted by molar-refractivity contribution is 0.636. The van der Waals surface area contributed by atoms with Crippen LogP contribution in [0.5, 0.6) is 0 Å². The highest BCUT2D eigenvalue weighted by Crippen LogP contribution is 2.68. The lowest BCUT2D eigenvalue weighted by atomic mass is 9.52. The summed E-state index contributed by atoms with van der Waals surface area (Å²) < 4.78 is 2.48. The Bertz CT molecular complexity index is 3540. The molecule has 9 aromatic carbocycles. The summed E-state index contributed by atoms with van der Waals surface area (Å²) >= 11 is 0. The molecule has 2 nitrogen and oxygen atoms in total. The molecule has 0 radical (unpaired) electrons. The summed E-state index contributed by atoms with van der Waals surface area (Å²) in [5.74, 6) is 0. The van der Waals surface area contributed by atoms with Crippen molar-refractivity contribution in [3.05, 3.63) is 288 Å². The van der Waals surface area contributed by atoms with Gasteiger partial charge < -0.3 is 9.47 Å². The molecule has 306 valence electrons. The monoisotopic (exact) mass is 828 g/mol. The molecule has 0 aliphatic heterocycles. The van der Waals surface area contributed by atoms with E-state index in [1.807, 2.05) is 0 Å². The van der Waals surface area contributed by atoms with Crippen LogP contribution in [0.25, 0.3) is 49.7 Å². The Morgan fingerprint density at radius 2 is 0.862 bits per heavy atom. The van der Waals surface area contributed by atoms with Crippen molar-refractivity contribution in [1.29, 1.82) is 0 Å². The lowest BCUT2D eigenvalue weighted by Gasteiger charge is -2.49. The Labute approximate surface area is 380 Å². The number of fused-ring (bicyclic) bond motifs is 16. The Balaban J connectivity index is 1.11. The molecule has 3 aliphatic carbocycles. The molecule has 1 heterocycles. The van der Waals surface area contributed by atoms with Crippen molar-refractivity contribution >= 4 is 38.9 Å². The molecule has 0 amide bonds. The molecule has 3 aliphatic rings. The zero-order chi connectivity index (χ0) is 43.3. The third kappa shape index (κ3) is 4.89. The number of allylic oxidation sites excluding steroid dienone is 5. The standard InChI is InChI=1S/C63H44N2/c1-3-21-56-52(4-2)62(53-30-15-11-26-46(53)47-27-12-16-31-54(47)62)57-33-18-19-34-58(57)63(56)55-32-17-13-28-48(55)50-40-51-49-29-14-20-35-60(49)65(61(51)41-59(50)63)45-38-36-44(37-39-45)64(42-22-7-5-8-23-42)43-24-9-6-10-25-43/h3-41H,2H2,1H3. The number of para-hydroxylation sites is 3. The van der Waals surface area contributed by atoms with Gasteiger partial charge in [0.25, 0.3) is 0 Å². The molecule has 13 rings (SSSR count). The first-order valence-electron chi connectivity index (χ1n) is 22.7. The fourth-order valence-corrected chi connectivity index (χ4v) is 12.2. The smallest absolute Gasteiger partial charge is 0.0720 e. The maximum absolute atomic E-state index is 4.71. The SMILES string of the molecule is C=CC1=C(C=CC)C2(c3ccccc3-c3cc4c5ccccc5n(-c5ccc(N(c6ccccc6)c6ccccc6)cc5)c4cc32)c2ccccc2C12c1ccccc1-c1ccccc12. The van der Waals surface area contributed by atoms with E-state index in [1.165, 1.54) is 88.6 Å². The Morgan fingerprint density at radius 3 is 1.42 bits per heavy atom. The first kappa shape index (κ1) is 37.4. The van der Waals surface area contributed by atoms with Crippen LogP contribution in [0.4, 0.5) is 17.1 Å². The fraction of sp³-hybridized carbons (Fsp3) is 0.0476. The van der Waals surface area contributed by atoms with Crippen molar-refractivity contribution in [3.8, 4) is 27.9 Å². The van der Waals surface area contributed by atoms with Crippen molar-refractivity contribution in [2.75, 3.05) is 4.90 Å². The average Bonchev–Trinajstić information content (AvgIpc) is 3.96. The van der Waals surface area contributed by atoms with Crippen LogP contribution in [0.3, 0.4) is 0 Å². The largest absolute Gasteiger partial charge is 0.311 e. The van der Waals surface area contributed by atoms with Gasteiger partial charge in [-0.25, -0.2) is 0 Å². The van der Waals surface area contributed by atoms with E-state index in [0.717, 1.165) is 22.7 Å². The second kappa shape index (κ2) is 14.2. The number of hydrogen-bond donors (Lipinski definition) is 0. The summed E-state index contributed by atoms with van der Waals surface area (Å²) in [4.78, 5) is 2.32. The molecule has 0 saturated heterocycles. The van der Waals surface area contributed by atoms with Gasteiger partial charge in [0, 0.05) is 33.5 Å². The number of nitrogens with zero attached hydrogens (tertiary/aromatic N) is 2. The lowest BCUT2D eigenvalue weighted by Crippen LogP contribution is -2.43. The van der Waals surface area contributed by atoms with Gasteiger partial charge in [0.15, 0.2) is 0 Å². The molecule has 0 N–H and O–H groups in total. The molecule has 0 bridgehead atoms. The van der Waals surface area contributed by atoms with E-state index in [4.69, 9.17) is 6.58 Å². The van der Waals surface area contributed by atoms with Crippen LogP contribution in [0.15, 0.2) is 254 Å². The number of benzene rings is 9. The third-order valence-corrected chi connectivity index (χ3v) is 14.6. The summed E-state index contributed by atoms with van der Waals surface area (Å²) in [5, 5.41) is 2.48. The van der Waals surface area contributed by atoms with Crippen molar-refractivity contribution in [2.24, 2.45) is 0 Å². The highest BCUT2D eigenvalue weighted by Gasteiger charge is 2.59. The molecule has 2 heteroatoms. The minimum atomic E-state index is -0.637. The fourth-order valence-electron chi connectivity index (χ4n) is 12.2. The van der Waals surface area contributed by atoms with Gasteiger partial charge in [-0.15, -0.1) is 0 Å². The minimum Gasteiger partial charge on any atom is -0.311 e. The second-order valence-corrected chi connectivity index (χ2v) is 17.5. The maximum Gasteiger partial charge on any atom is 0.0720 e. The van der Waals surface area contributed by atoms with Crippen LogP contribution in [0.2, 0.25) is 0 Å². The Hall–Kier alpha value is -8.20. The van der Waals surface area contributed by atoms with E-state index in [2.05, 4.69) is 253 Å². The molecule has 1 aromatic heterocycles. The van der Waals surface area contributed by atoms with Gasteiger partial charge >= 0.3 is 0 Å². The van der Waals surface area contributed by atoms with Gasteiger partial charge in [-0.2, -0.15) is 0 Å². The Morgan fingerprint density at radius 1 is 0.400 bits per heavy atom. The summed E-state index contributed by atoms with van der Waals surface area (Å²) in [6.07, 6.45) is 6.81. The highest BCUT2D eigenvalue weighted by molar-refractivity contribution is 6.12. The molecule has 0 fully saturated rings. The molecule has 2 spiro atoms.